The second-order valence-electron chi connectivity index (χ2n) is 3.97. The Morgan fingerprint density at radius 1 is 1.24 bits per heavy atom. The highest BCUT2D eigenvalue weighted by Crippen LogP contribution is 2.26. The highest BCUT2D eigenvalue weighted by Gasteiger charge is 2.06. The maximum atomic E-state index is 5.34. The Balaban J connectivity index is 2.06. The lowest BCUT2D eigenvalue weighted by Crippen LogP contribution is -1.96. The summed E-state index contributed by atoms with van der Waals surface area (Å²) in [5, 5.41) is 1.14. The number of furan rings is 1. The summed E-state index contributed by atoms with van der Waals surface area (Å²) in [5.41, 5.74) is 2.33. The van der Waals surface area contributed by atoms with Gasteiger partial charge in [-0.2, -0.15) is 0 Å². The van der Waals surface area contributed by atoms with Gasteiger partial charge in [0.25, 0.3) is 0 Å². The normalized spacial score (nSPS) is 10.9. The smallest absolute Gasteiger partial charge is 0.128 e. The molecule has 0 atom stereocenters. The van der Waals surface area contributed by atoms with Gasteiger partial charge in [0.05, 0.1) is 31.7 Å². The molecule has 0 amide bonds. The lowest BCUT2D eigenvalue weighted by Gasteiger charge is -2.05. The molecule has 2 heterocycles. The fraction of sp³-hybridized carbons (Fsp3) is 0.143. The molecule has 0 saturated heterocycles. The van der Waals surface area contributed by atoms with Crippen LogP contribution < -0.4 is 4.74 Å². The summed E-state index contributed by atoms with van der Waals surface area (Å²) in [6.07, 6.45) is 5.54. The van der Waals surface area contributed by atoms with Crippen LogP contribution in [0.25, 0.3) is 10.9 Å². The predicted octanol–water partition coefficient (Wildman–Crippen LogP) is 3.29. The number of methoxy groups -OCH3 is 1. The van der Waals surface area contributed by atoms with E-state index in [1.54, 1.807) is 19.6 Å². The number of hydrogen-bond donors (Lipinski definition) is 0. The van der Waals surface area contributed by atoms with E-state index in [1.165, 1.54) is 5.52 Å². The molecule has 0 saturated carbocycles. The van der Waals surface area contributed by atoms with Crippen LogP contribution in [0.4, 0.5) is 0 Å². The fourth-order valence-corrected chi connectivity index (χ4v) is 2.09. The Morgan fingerprint density at radius 2 is 2.18 bits per heavy atom. The monoisotopic (exact) mass is 227 g/mol. The van der Waals surface area contributed by atoms with Crippen molar-refractivity contribution >= 4 is 10.9 Å². The maximum Gasteiger partial charge on any atom is 0.128 e. The van der Waals surface area contributed by atoms with Crippen molar-refractivity contribution in [1.29, 1.82) is 0 Å². The SMILES string of the molecule is COc1cccc2c1ccn2Cc1ccoc1. The van der Waals surface area contributed by atoms with Gasteiger partial charge in [-0.15, -0.1) is 0 Å². The number of hydrogen-bond acceptors (Lipinski definition) is 2. The lowest BCUT2D eigenvalue weighted by molar-refractivity contribution is 0.420. The Morgan fingerprint density at radius 3 is 2.94 bits per heavy atom. The number of rotatable bonds is 3. The van der Waals surface area contributed by atoms with Crippen molar-refractivity contribution in [2.75, 3.05) is 7.11 Å². The van der Waals surface area contributed by atoms with Crippen molar-refractivity contribution in [3.63, 3.8) is 0 Å². The number of benzene rings is 1. The van der Waals surface area contributed by atoms with Gasteiger partial charge in [0, 0.05) is 17.1 Å². The van der Waals surface area contributed by atoms with Crippen LogP contribution in [-0.4, -0.2) is 11.7 Å². The summed E-state index contributed by atoms with van der Waals surface area (Å²) < 4.78 is 12.6. The molecule has 3 rings (SSSR count). The first-order valence-corrected chi connectivity index (χ1v) is 5.51. The minimum Gasteiger partial charge on any atom is -0.496 e. The molecule has 0 aliphatic heterocycles. The standard InChI is InChI=1S/C14H13NO2/c1-16-14-4-2-3-13-12(14)5-7-15(13)9-11-6-8-17-10-11/h2-8,10H,9H2,1H3. The molecule has 3 heteroatoms. The van der Waals surface area contributed by atoms with E-state index >= 15 is 0 Å². The molecule has 0 spiro atoms. The highest BCUT2D eigenvalue weighted by molar-refractivity contribution is 5.86. The Labute approximate surface area is 99.2 Å². The predicted molar refractivity (Wildman–Crippen MR) is 66.3 cm³/mol. The number of nitrogens with zero attached hydrogens (tertiary/aromatic N) is 1. The average Bonchev–Trinajstić information content (AvgIpc) is 2.99. The number of ether oxygens (including phenoxy) is 1. The molecule has 0 unspecified atom stereocenters. The number of fused-ring (bicyclic) bond motifs is 1. The minimum absolute atomic E-state index is 0.813. The second kappa shape index (κ2) is 4.01. The van der Waals surface area contributed by atoms with Crippen LogP contribution >= 0.6 is 0 Å². The molecule has 86 valence electrons. The molecule has 3 aromatic rings. The van der Waals surface area contributed by atoms with Crippen LogP contribution in [0.15, 0.2) is 53.5 Å². The van der Waals surface area contributed by atoms with E-state index in [1.807, 2.05) is 18.2 Å². The molecule has 0 bridgehead atoms. The van der Waals surface area contributed by atoms with Gasteiger partial charge in [0.15, 0.2) is 0 Å². The van der Waals surface area contributed by atoms with Gasteiger partial charge in [-0.25, -0.2) is 0 Å². The van der Waals surface area contributed by atoms with Gasteiger partial charge < -0.3 is 13.7 Å². The fourth-order valence-electron chi connectivity index (χ4n) is 2.09. The van der Waals surface area contributed by atoms with Gasteiger partial charge in [-0.1, -0.05) is 6.07 Å². The molecule has 17 heavy (non-hydrogen) atoms. The first kappa shape index (κ1) is 10.0. The van der Waals surface area contributed by atoms with Crippen molar-refractivity contribution in [1.82, 2.24) is 4.57 Å². The van der Waals surface area contributed by atoms with E-state index in [0.29, 0.717) is 0 Å². The van der Waals surface area contributed by atoms with Gasteiger partial charge >= 0.3 is 0 Å². The summed E-state index contributed by atoms with van der Waals surface area (Å²) in [6.45, 7) is 0.813. The van der Waals surface area contributed by atoms with Crippen molar-refractivity contribution in [3.8, 4) is 5.75 Å². The third kappa shape index (κ3) is 1.69. The van der Waals surface area contributed by atoms with Crippen LogP contribution in [0.3, 0.4) is 0 Å². The van der Waals surface area contributed by atoms with Gasteiger partial charge in [0.2, 0.25) is 0 Å². The molecule has 3 nitrogen and oxygen atoms in total. The van der Waals surface area contributed by atoms with Crippen LogP contribution in [0.2, 0.25) is 0 Å². The first-order chi connectivity index (χ1) is 8.38. The zero-order valence-electron chi connectivity index (χ0n) is 9.59. The van der Waals surface area contributed by atoms with E-state index in [4.69, 9.17) is 9.15 Å². The van der Waals surface area contributed by atoms with Crippen LogP contribution in [0.1, 0.15) is 5.56 Å². The van der Waals surface area contributed by atoms with Crippen molar-refractivity contribution in [3.05, 3.63) is 54.6 Å². The minimum atomic E-state index is 0.813. The van der Waals surface area contributed by atoms with E-state index in [0.717, 1.165) is 23.2 Å². The third-order valence-electron chi connectivity index (χ3n) is 2.93. The largest absolute Gasteiger partial charge is 0.496 e. The average molecular weight is 227 g/mol. The maximum absolute atomic E-state index is 5.34. The number of aromatic nitrogens is 1. The van der Waals surface area contributed by atoms with Gasteiger partial charge in [-0.3, -0.25) is 0 Å². The summed E-state index contributed by atoms with van der Waals surface area (Å²) in [7, 11) is 1.70. The molecule has 1 aromatic carbocycles. The van der Waals surface area contributed by atoms with Gasteiger partial charge in [0.1, 0.15) is 5.75 Å². The second-order valence-corrected chi connectivity index (χ2v) is 3.97. The van der Waals surface area contributed by atoms with E-state index < -0.39 is 0 Å². The van der Waals surface area contributed by atoms with Crippen LogP contribution in [0, 0.1) is 0 Å². The Hall–Kier alpha value is -2.16. The molecule has 2 aromatic heterocycles. The highest BCUT2D eigenvalue weighted by atomic mass is 16.5. The Bertz CT molecular complexity index is 623. The summed E-state index contributed by atoms with van der Waals surface area (Å²) in [4.78, 5) is 0. The molecular weight excluding hydrogens is 214 g/mol. The van der Waals surface area contributed by atoms with E-state index in [2.05, 4.69) is 22.9 Å². The summed E-state index contributed by atoms with van der Waals surface area (Å²) in [6, 6.07) is 10.1. The van der Waals surface area contributed by atoms with Crippen molar-refractivity contribution in [2.45, 2.75) is 6.54 Å². The molecule has 0 N–H and O–H groups in total. The van der Waals surface area contributed by atoms with Gasteiger partial charge in [-0.05, 0) is 24.3 Å². The zero-order chi connectivity index (χ0) is 11.7. The quantitative estimate of drug-likeness (QED) is 0.686. The summed E-state index contributed by atoms with van der Waals surface area (Å²) in [5.74, 6) is 0.911. The van der Waals surface area contributed by atoms with Crippen LogP contribution in [-0.2, 0) is 6.54 Å². The van der Waals surface area contributed by atoms with Crippen molar-refractivity contribution in [2.24, 2.45) is 0 Å². The topological polar surface area (TPSA) is 27.3 Å². The van der Waals surface area contributed by atoms with E-state index in [9.17, 15) is 0 Å². The molecular formula is C14H13NO2. The Kier molecular flexibility index (Phi) is 2.37. The molecule has 0 radical (unpaired) electrons. The zero-order valence-corrected chi connectivity index (χ0v) is 9.59. The molecule has 0 aliphatic rings. The van der Waals surface area contributed by atoms with Crippen molar-refractivity contribution < 1.29 is 9.15 Å². The summed E-state index contributed by atoms with van der Waals surface area (Å²) >= 11 is 0. The van der Waals surface area contributed by atoms with Crippen LogP contribution in [0.5, 0.6) is 5.75 Å². The third-order valence-corrected chi connectivity index (χ3v) is 2.93. The lowest BCUT2D eigenvalue weighted by atomic mass is 10.2. The first-order valence-electron chi connectivity index (χ1n) is 5.51. The molecule has 0 fully saturated rings. The van der Waals surface area contributed by atoms with E-state index in [-0.39, 0.29) is 0 Å². The molecule has 0 aliphatic carbocycles.